The first kappa shape index (κ1) is 16.8. The van der Waals surface area contributed by atoms with Gasteiger partial charge < -0.3 is 10.1 Å². The molecule has 0 bridgehead atoms. The third kappa shape index (κ3) is 3.89. The molecule has 1 amide bonds. The van der Waals surface area contributed by atoms with Gasteiger partial charge in [-0.15, -0.1) is 0 Å². The first-order chi connectivity index (χ1) is 11.7. The van der Waals surface area contributed by atoms with E-state index in [4.69, 9.17) is 10.1 Å². The number of hydrogen-bond acceptors (Lipinski definition) is 3. The second kappa shape index (κ2) is 7.69. The molecule has 1 aliphatic heterocycles. The van der Waals surface area contributed by atoms with Crippen molar-refractivity contribution in [2.45, 2.75) is 57.5 Å². The van der Waals surface area contributed by atoms with Crippen LogP contribution in [0.1, 0.15) is 50.5 Å². The minimum absolute atomic E-state index is 0.0265. The minimum Gasteiger partial charge on any atom is -0.497 e. The molecule has 0 aromatic heterocycles. The Morgan fingerprint density at radius 3 is 2.79 bits per heavy atom. The summed E-state index contributed by atoms with van der Waals surface area (Å²) >= 11 is 0. The number of amides is 1. The maximum atomic E-state index is 12.6. The highest BCUT2D eigenvalue weighted by Gasteiger charge is 2.35. The lowest BCUT2D eigenvalue weighted by Gasteiger charge is -2.22. The lowest BCUT2D eigenvalue weighted by Crippen LogP contribution is -2.31. The zero-order valence-corrected chi connectivity index (χ0v) is 14.4. The summed E-state index contributed by atoms with van der Waals surface area (Å²) in [5.41, 5.74) is 0.974. The van der Waals surface area contributed by atoms with E-state index in [2.05, 4.69) is 5.32 Å². The topological polar surface area (TPSA) is 65.4 Å². The van der Waals surface area contributed by atoms with E-state index in [-0.39, 0.29) is 17.9 Å². The lowest BCUT2D eigenvalue weighted by atomic mass is 9.85. The zero-order valence-electron chi connectivity index (χ0n) is 14.4. The summed E-state index contributed by atoms with van der Waals surface area (Å²) in [6, 6.07) is 7.43. The van der Waals surface area contributed by atoms with Crippen LogP contribution in [0.3, 0.4) is 0 Å². The Labute approximate surface area is 143 Å². The van der Waals surface area contributed by atoms with Crippen molar-refractivity contribution >= 4 is 11.9 Å². The molecule has 5 heteroatoms. The van der Waals surface area contributed by atoms with Crippen LogP contribution in [0.5, 0.6) is 5.75 Å². The number of rotatable bonds is 6. The third-order valence-corrected chi connectivity index (χ3v) is 5.21. The summed E-state index contributed by atoms with van der Waals surface area (Å²) in [4.78, 5) is 14.2. The van der Waals surface area contributed by atoms with Gasteiger partial charge in [-0.25, -0.2) is 0 Å². The molecule has 24 heavy (non-hydrogen) atoms. The normalized spacial score (nSPS) is 21.9. The molecule has 1 unspecified atom stereocenters. The molecule has 1 aromatic carbocycles. The number of nitrogens with one attached hydrogen (secondary N) is 2. The van der Waals surface area contributed by atoms with Crippen LogP contribution >= 0.6 is 0 Å². The number of ether oxygens (including phenoxy) is 1. The van der Waals surface area contributed by atoms with Crippen LogP contribution < -0.4 is 10.1 Å². The van der Waals surface area contributed by atoms with Crippen molar-refractivity contribution in [3.05, 3.63) is 29.8 Å². The van der Waals surface area contributed by atoms with Crippen molar-refractivity contribution in [1.29, 1.82) is 5.41 Å². The predicted molar refractivity (Wildman–Crippen MR) is 94.0 cm³/mol. The van der Waals surface area contributed by atoms with E-state index < -0.39 is 0 Å². The average molecular weight is 329 g/mol. The van der Waals surface area contributed by atoms with Gasteiger partial charge in [-0.3, -0.25) is 15.1 Å². The Bertz CT molecular complexity index is 596. The summed E-state index contributed by atoms with van der Waals surface area (Å²) in [7, 11) is 1.63. The predicted octanol–water partition coefficient (Wildman–Crippen LogP) is 3.29. The maximum absolute atomic E-state index is 12.6. The number of methoxy groups -OCH3 is 1. The Morgan fingerprint density at radius 2 is 2.04 bits per heavy atom. The van der Waals surface area contributed by atoms with E-state index in [1.54, 1.807) is 12.0 Å². The first-order valence-corrected chi connectivity index (χ1v) is 8.97. The standard InChI is InChI=1S/C19H27N3O2/c1-24-16-9-5-8-15(12-16)13-22-18(23)17(21-19(22)20)11-10-14-6-3-2-4-7-14/h5,8-9,12,14,17H,2-4,6-7,10-11,13H2,1H3,(H2,20,21). The van der Waals surface area contributed by atoms with Crippen molar-refractivity contribution < 1.29 is 9.53 Å². The van der Waals surface area contributed by atoms with Crippen LogP contribution in [0.2, 0.25) is 0 Å². The average Bonchev–Trinajstić information content (AvgIpc) is 2.88. The van der Waals surface area contributed by atoms with Crippen LogP contribution in [0.25, 0.3) is 0 Å². The largest absolute Gasteiger partial charge is 0.497 e. The van der Waals surface area contributed by atoms with Crippen molar-refractivity contribution in [3.63, 3.8) is 0 Å². The van der Waals surface area contributed by atoms with Gasteiger partial charge in [0.2, 0.25) is 0 Å². The lowest BCUT2D eigenvalue weighted by molar-refractivity contribution is -0.127. The number of guanidine groups is 1. The summed E-state index contributed by atoms with van der Waals surface area (Å²) in [6.45, 7) is 0.418. The van der Waals surface area contributed by atoms with Crippen molar-refractivity contribution in [3.8, 4) is 5.75 Å². The molecule has 130 valence electrons. The molecule has 2 aliphatic rings. The summed E-state index contributed by atoms with van der Waals surface area (Å²) in [6.07, 6.45) is 8.53. The van der Waals surface area contributed by atoms with E-state index in [0.29, 0.717) is 6.54 Å². The molecule has 1 heterocycles. The summed E-state index contributed by atoms with van der Waals surface area (Å²) < 4.78 is 5.23. The summed E-state index contributed by atoms with van der Waals surface area (Å²) in [5, 5.41) is 11.2. The minimum atomic E-state index is -0.231. The highest BCUT2D eigenvalue weighted by molar-refractivity contribution is 6.05. The van der Waals surface area contributed by atoms with Crippen molar-refractivity contribution in [2.24, 2.45) is 5.92 Å². The van der Waals surface area contributed by atoms with E-state index in [9.17, 15) is 4.79 Å². The fourth-order valence-electron chi connectivity index (χ4n) is 3.79. The Morgan fingerprint density at radius 1 is 1.25 bits per heavy atom. The highest BCUT2D eigenvalue weighted by Crippen LogP contribution is 2.28. The van der Waals surface area contributed by atoms with Gasteiger partial charge in [0, 0.05) is 0 Å². The molecule has 2 fully saturated rings. The van der Waals surface area contributed by atoms with Crippen LogP contribution in [0.4, 0.5) is 0 Å². The smallest absolute Gasteiger partial charge is 0.252 e. The van der Waals surface area contributed by atoms with Crippen LogP contribution in [-0.2, 0) is 11.3 Å². The van der Waals surface area contributed by atoms with Gasteiger partial charge in [0.05, 0.1) is 13.7 Å². The number of benzene rings is 1. The molecule has 1 aliphatic carbocycles. The number of carbonyl (C=O) groups excluding carboxylic acids is 1. The number of carbonyl (C=O) groups is 1. The molecule has 5 nitrogen and oxygen atoms in total. The number of nitrogens with zero attached hydrogens (tertiary/aromatic N) is 1. The second-order valence-electron chi connectivity index (χ2n) is 6.90. The quantitative estimate of drug-likeness (QED) is 0.841. The van der Waals surface area contributed by atoms with Gasteiger partial charge in [0.15, 0.2) is 5.96 Å². The fraction of sp³-hybridized carbons (Fsp3) is 0.579. The maximum Gasteiger partial charge on any atom is 0.252 e. The molecule has 0 spiro atoms. The molecule has 1 saturated heterocycles. The Kier molecular flexibility index (Phi) is 5.38. The SMILES string of the molecule is COc1cccc(CN2C(=N)NC(CCC3CCCCC3)C2=O)c1. The molecule has 1 aromatic rings. The van der Waals surface area contributed by atoms with E-state index >= 15 is 0 Å². The van der Waals surface area contributed by atoms with Gasteiger partial charge in [-0.05, 0) is 36.5 Å². The fourth-order valence-corrected chi connectivity index (χ4v) is 3.79. The van der Waals surface area contributed by atoms with Gasteiger partial charge in [0.25, 0.3) is 5.91 Å². The molecular weight excluding hydrogens is 302 g/mol. The van der Waals surface area contributed by atoms with Gasteiger partial charge in [-0.1, -0.05) is 44.2 Å². The second-order valence-corrected chi connectivity index (χ2v) is 6.90. The van der Waals surface area contributed by atoms with Gasteiger partial charge in [-0.2, -0.15) is 0 Å². The van der Waals surface area contributed by atoms with Crippen LogP contribution in [0.15, 0.2) is 24.3 Å². The number of hydrogen-bond donors (Lipinski definition) is 2. The van der Waals surface area contributed by atoms with Gasteiger partial charge >= 0.3 is 0 Å². The molecular formula is C19H27N3O2. The highest BCUT2D eigenvalue weighted by atomic mass is 16.5. The van der Waals surface area contributed by atoms with Crippen LogP contribution in [0, 0.1) is 11.3 Å². The first-order valence-electron chi connectivity index (χ1n) is 8.97. The van der Waals surface area contributed by atoms with Gasteiger partial charge in [0.1, 0.15) is 11.8 Å². The molecule has 1 saturated carbocycles. The molecule has 3 rings (SSSR count). The van der Waals surface area contributed by atoms with E-state index in [1.165, 1.54) is 32.1 Å². The van der Waals surface area contributed by atoms with E-state index in [0.717, 1.165) is 30.1 Å². The molecule has 2 N–H and O–H groups in total. The van der Waals surface area contributed by atoms with Crippen molar-refractivity contribution in [2.75, 3.05) is 7.11 Å². The van der Waals surface area contributed by atoms with Crippen molar-refractivity contribution in [1.82, 2.24) is 10.2 Å². The van der Waals surface area contributed by atoms with E-state index in [1.807, 2.05) is 24.3 Å². The zero-order chi connectivity index (χ0) is 16.9. The van der Waals surface area contributed by atoms with Crippen LogP contribution in [-0.4, -0.2) is 29.9 Å². The Balaban J connectivity index is 1.57. The Hall–Kier alpha value is -2.04. The third-order valence-electron chi connectivity index (χ3n) is 5.21. The molecule has 1 atom stereocenters. The summed E-state index contributed by atoms with van der Waals surface area (Å²) in [5.74, 6) is 1.78. The monoisotopic (exact) mass is 329 g/mol. The molecule has 0 radical (unpaired) electrons.